The molecule has 0 bridgehead atoms. The summed E-state index contributed by atoms with van der Waals surface area (Å²) in [5.41, 5.74) is 1.56. The normalized spacial score (nSPS) is 21.5. The van der Waals surface area contributed by atoms with E-state index in [9.17, 15) is 9.50 Å². The summed E-state index contributed by atoms with van der Waals surface area (Å²) >= 11 is 0. The van der Waals surface area contributed by atoms with Crippen molar-refractivity contribution in [2.24, 2.45) is 0 Å². The number of halogens is 1. The molecule has 1 fully saturated rings. The Morgan fingerprint density at radius 1 is 1.53 bits per heavy atom. The number of aliphatic hydroxyl groups excluding tert-OH is 1. The number of rotatable bonds is 4. The summed E-state index contributed by atoms with van der Waals surface area (Å²) in [6, 6.07) is 5.55. The summed E-state index contributed by atoms with van der Waals surface area (Å²) in [5, 5.41) is 12.9. The molecule has 2 unspecified atom stereocenters. The van der Waals surface area contributed by atoms with Crippen molar-refractivity contribution in [3.63, 3.8) is 0 Å². The van der Waals surface area contributed by atoms with E-state index in [0.717, 1.165) is 31.5 Å². The van der Waals surface area contributed by atoms with E-state index in [-0.39, 0.29) is 18.0 Å². The van der Waals surface area contributed by atoms with Gasteiger partial charge in [0.15, 0.2) is 0 Å². The summed E-state index contributed by atoms with van der Waals surface area (Å²) in [6.07, 6.45) is 1.39. The molecular weight excluding hydrogens is 243 g/mol. The predicted octanol–water partition coefficient (Wildman–Crippen LogP) is 2.46. The lowest BCUT2D eigenvalue weighted by molar-refractivity contribution is 0.154. The Kier molecular flexibility index (Phi) is 4.77. The average molecular weight is 266 g/mol. The molecule has 0 amide bonds. The number of anilines is 1. The SMILES string of the molecule is CCNC(C)c1ccc(N2CCCC(O)C2)c(F)c1. The zero-order valence-electron chi connectivity index (χ0n) is 11.7. The fourth-order valence-corrected chi connectivity index (χ4v) is 2.65. The van der Waals surface area contributed by atoms with Crippen LogP contribution in [0.5, 0.6) is 0 Å². The predicted molar refractivity (Wildman–Crippen MR) is 75.9 cm³/mol. The largest absolute Gasteiger partial charge is 0.391 e. The highest BCUT2D eigenvalue weighted by molar-refractivity contribution is 5.50. The molecule has 1 aromatic rings. The number of β-amino-alcohol motifs (C(OH)–C–C–N with tert-alkyl or cyclic N) is 1. The molecule has 1 aromatic carbocycles. The minimum Gasteiger partial charge on any atom is -0.391 e. The van der Waals surface area contributed by atoms with E-state index in [1.165, 1.54) is 0 Å². The van der Waals surface area contributed by atoms with E-state index in [0.29, 0.717) is 12.2 Å². The second-order valence-corrected chi connectivity index (χ2v) is 5.23. The lowest BCUT2D eigenvalue weighted by Gasteiger charge is -2.32. The van der Waals surface area contributed by atoms with Gasteiger partial charge < -0.3 is 15.3 Å². The van der Waals surface area contributed by atoms with Crippen LogP contribution in [-0.2, 0) is 0 Å². The van der Waals surface area contributed by atoms with Gasteiger partial charge in [-0.25, -0.2) is 4.39 Å². The number of hydrogen-bond donors (Lipinski definition) is 2. The van der Waals surface area contributed by atoms with Crippen LogP contribution >= 0.6 is 0 Å². The Labute approximate surface area is 114 Å². The van der Waals surface area contributed by atoms with Gasteiger partial charge in [0.2, 0.25) is 0 Å². The zero-order chi connectivity index (χ0) is 13.8. The van der Waals surface area contributed by atoms with Crippen LogP contribution in [0.25, 0.3) is 0 Å². The Morgan fingerprint density at radius 2 is 2.32 bits per heavy atom. The van der Waals surface area contributed by atoms with Gasteiger partial charge in [0, 0.05) is 19.1 Å². The maximum Gasteiger partial charge on any atom is 0.146 e. The highest BCUT2D eigenvalue weighted by Gasteiger charge is 2.20. The van der Waals surface area contributed by atoms with E-state index in [1.54, 1.807) is 6.07 Å². The van der Waals surface area contributed by atoms with Crippen LogP contribution in [0.15, 0.2) is 18.2 Å². The maximum absolute atomic E-state index is 14.2. The molecular formula is C15H23FN2O. The molecule has 0 saturated carbocycles. The molecule has 1 heterocycles. The van der Waals surface area contributed by atoms with Crippen LogP contribution in [-0.4, -0.2) is 30.8 Å². The average Bonchev–Trinajstić information content (AvgIpc) is 2.38. The van der Waals surface area contributed by atoms with Crippen molar-refractivity contribution < 1.29 is 9.50 Å². The van der Waals surface area contributed by atoms with Crippen molar-refractivity contribution >= 4 is 5.69 Å². The second-order valence-electron chi connectivity index (χ2n) is 5.23. The molecule has 1 saturated heterocycles. The molecule has 1 aliphatic heterocycles. The second kappa shape index (κ2) is 6.35. The van der Waals surface area contributed by atoms with Gasteiger partial charge >= 0.3 is 0 Å². The lowest BCUT2D eigenvalue weighted by atomic mass is 10.0. The molecule has 0 spiro atoms. The zero-order valence-corrected chi connectivity index (χ0v) is 11.7. The van der Waals surface area contributed by atoms with E-state index >= 15 is 0 Å². The number of nitrogens with zero attached hydrogens (tertiary/aromatic N) is 1. The van der Waals surface area contributed by atoms with Gasteiger partial charge in [0.05, 0.1) is 11.8 Å². The fraction of sp³-hybridized carbons (Fsp3) is 0.600. The molecule has 0 aromatic heterocycles. The summed E-state index contributed by atoms with van der Waals surface area (Å²) in [4.78, 5) is 1.94. The number of nitrogens with one attached hydrogen (secondary N) is 1. The molecule has 2 atom stereocenters. The van der Waals surface area contributed by atoms with Gasteiger partial charge in [0.1, 0.15) is 5.82 Å². The lowest BCUT2D eigenvalue weighted by Crippen LogP contribution is -2.38. The van der Waals surface area contributed by atoms with E-state index in [2.05, 4.69) is 5.32 Å². The monoisotopic (exact) mass is 266 g/mol. The van der Waals surface area contributed by atoms with Crippen molar-refractivity contribution in [2.45, 2.75) is 38.8 Å². The van der Waals surface area contributed by atoms with E-state index in [4.69, 9.17) is 0 Å². The summed E-state index contributed by atoms with van der Waals surface area (Å²) in [7, 11) is 0. The molecule has 1 aliphatic rings. The third-order valence-corrected chi connectivity index (χ3v) is 3.72. The van der Waals surface area contributed by atoms with Gasteiger partial charge in [-0.2, -0.15) is 0 Å². The van der Waals surface area contributed by atoms with Crippen molar-refractivity contribution in [3.8, 4) is 0 Å². The molecule has 3 nitrogen and oxygen atoms in total. The van der Waals surface area contributed by atoms with Crippen LogP contribution in [0, 0.1) is 5.82 Å². The third kappa shape index (κ3) is 3.45. The Bertz CT molecular complexity index is 425. The molecule has 106 valence electrons. The summed E-state index contributed by atoms with van der Waals surface area (Å²) in [6.45, 7) is 6.27. The minimum absolute atomic E-state index is 0.153. The van der Waals surface area contributed by atoms with Gasteiger partial charge in [0.25, 0.3) is 0 Å². The molecule has 4 heteroatoms. The smallest absolute Gasteiger partial charge is 0.146 e. The Balaban J connectivity index is 2.14. The summed E-state index contributed by atoms with van der Waals surface area (Å²) in [5.74, 6) is -0.198. The van der Waals surface area contributed by atoms with Gasteiger partial charge in [-0.15, -0.1) is 0 Å². The molecule has 2 rings (SSSR count). The molecule has 2 N–H and O–H groups in total. The van der Waals surface area contributed by atoms with Crippen LogP contribution in [0.3, 0.4) is 0 Å². The first-order chi connectivity index (χ1) is 9.11. The number of benzene rings is 1. The number of hydrogen-bond acceptors (Lipinski definition) is 3. The quantitative estimate of drug-likeness (QED) is 0.878. The van der Waals surface area contributed by atoms with E-state index in [1.807, 2.05) is 30.9 Å². The van der Waals surface area contributed by atoms with Crippen LogP contribution in [0.4, 0.5) is 10.1 Å². The minimum atomic E-state index is -0.339. The van der Waals surface area contributed by atoms with Gasteiger partial charge in [-0.05, 0) is 44.0 Å². The van der Waals surface area contributed by atoms with Crippen LogP contribution in [0.2, 0.25) is 0 Å². The van der Waals surface area contributed by atoms with Crippen molar-refractivity contribution in [3.05, 3.63) is 29.6 Å². The van der Waals surface area contributed by atoms with E-state index < -0.39 is 0 Å². The number of piperidine rings is 1. The standard InChI is InChI=1S/C15H23FN2O/c1-3-17-11(2)12-6-7-15(14(16)9-12)18-8-4-5-13(19)10-18/h6-7,9,11,13,17,19H,3-5,8,10H2,1-2H3. The Hall–Kier alpha value is -1.13. The first-order valence-corrected chi connectivity index (χ1v) is 7.07. The van der Waals surface area contributed by atoms with Crippen molar-refractivity contribution in [2.75, 3.05) is 24.5 Å². The summed E-state index contributed by atoms with van der Waals surface area (Å²) < 4.78 is 14.2. The number of aliphatic hydroxyl groups is 1. The van der Waals surface area contributed by atoms with Crippen LogP contribution in [0.1, 0.15) is 38.3 Å². The van der Waals surface area contributed by atoms with Crippen molar-refractivity contribution in [1.29, 1.82) is 0 Å². The molecule has 0 aliphatic carbocycles. The van der Waals surface area contributed by atoms with Crippen molar-refractivity contribution in [1.82, 2.24) is 5.32 Å². The van der Waals surface area contributed by atoms with Gasteiger partial charge in [-0.3, -0.25) is 0 Å². The fourth-order valence-electron chi connectivity index (χ4n) is 2.65. The molecule has 19 heavy (non-hydrogen) atoms. The highest BCUT2D eigenvalue weighted by atomic mass is 19.1. The Morgan fingerprint density at radius 3 is 2.95 bits per heavy atom. The highest BCUT2D eigenvalue weighted by Crippen LogP contribution is 2.26. The third-order valence-electron chi connectivity index (χ3n) is 3.72. The first kappa shape index (κ1) is 14.3. The van der Waals surface area contributed by atoms with Crippen LogP contribution < -0.4 is 10.2 Å². The van der Waals surface area contributed by atoms with Gasteiger partial charge in [-0.1, -0.05) is 13.0 Å². The maximum atomic E-state index is 14.2. The first-order valence-electron chi connectivity index (χ1n) is 7.07. The molecule has 0 radical (unpaired) electrons. The topological polar surface area (TPSA) is 35.5 Å².